The molecule has 3 N–H and O–H groups in total. The van der Waals surface area contributed by atoms with Crippen molar-refractivity contribution in [3.05, 3.63) is 93.4 Å². The van der Waals surface area contributed by atoms with Crippen LogP contribution in [0.15, 0.2) is 70.3 Å². The number of benzene rings is 3. The molecule has 14 nitrogen and oxygen atoms in total. The van der Waals surface area contributed by atoms with Gasteiger partial charge in [0.15, 0.2) is 0 Å². The van der Waals surface area contributed by atoms with Gasteiger partial charge in [0.2, 0.25) is 5.36 Å². The van der Waals surface area contributed by atoms with Crippen LogP contribution in [0.2, 0.25) is 0 Å². The topological polar surface area (TPSA) is 177 Å². The molecule has 0 unspecified atom stereocenters. The number of carbonyl (C=O) groups excluding carboxylic acids is 1. The average Bonchev–Trinajstić information content (AvgIpc) is 3.53. The van der Waals surface area contributed by atoms with Crippen LogP contribution in [0.25, 0.3) is 43.9 Å². The molecule has 1 aliphatic heterocycles. The Labute approximate surface area is 277 Å². The third-order valence-corrected chi connectivity index (χ3v) is 7.92. The summed E-state index contributed by atoms with van der Waals surface area (Å²) < 4.78 is 10.1. The van der Waals surface area contributed by atoms with Gasteiger partial charge in [0.1, 0.15) is 25.4 Å². The van der Waals surface area contributed by atoms with Crippen molar-refractivity contribution < 1.29 is 19.1 Å². The van der Waals surface area contributed by atoms with Gasteiger partial charge in [0.05, 0.1) is 17.3 Å². The first-order valence-electron chi connectivity index (χ1n) is 15.6. The van der Waals surface area contributed by atoms with E-state index >= 15 is 0 Å². The maximum atomic E-state index is 13.1. The quantitative estimate of drug-likeness (QED) is 0.0399. The molecule has 0 bridgehead atoms. The summed E-state index contributed by atoms with van der Waals surface area (Å²) >= 11 is 0. The number of aromatic nitrogens is 3. The molecule has 14 heteroatoms. The summed E-state index contributed by atoms with van der Waals surface area (Å²) in [5.74, 6) is -0.878. The fourth-order valence-electron chi connectivity index (χ4n) is 5.40. The molecule has 0 radical (unpaired) electrons. The van der Waals surface area contributed by atoms with Gasteiger partial charge in [-0.15, -0.1) is 5.10 Å². The Kier molecular flexibility index (Phi) is 10.7. The Morgan fingerprint density at radius 2 is 1.88 bits per heavy atom. The van der Waals surface area contributed by atoms with E-state index in [9.17, 15) is 14.7 Å². The van der Waals surface area contributed by atoms with E-state index in [1.54, 1.807) is 16.8 Å². The van der Waals surface area contributed by atoms with Crippen molar-refractivity contribution in [2.24, 2.45) is 5.11 Å². The van der Waals surface area contributed by atoms with Crippen molar-refractivity contribution in [3.8, 4) is 22.5 Å². The third-order valence-electron chi connectivity index (χ3n) is 7.92. The second kappa shape index (κ2) is 15.2. The highest BCUT2D eigenvalue weighted by molar-refractivity contribution is 6.09. The molecule has 248 valence electrons. The van der Waals surface area contributed by atoms with Crippen molar-refractivity contribution in [1.29, 1.82) is 0 Å². The normalized spacial score (nSPS) is 11.0. The van der Waals surface area contributed by atoms with Gasteiger partial charge in [-0.25, -0.2) is 9.37 Å². The van der Waals surface area contributed by atoms with E-state index in [2.05, 4.69) is 31.0 Å². The summed E-state index contributed by atoms with van der Waals surface area (Å²) in [4.78, 5) is 30.5. The van der Waals surface area contributed by atoms with Crippen LogP contribution in [0.1, 0.15) is 39.3 Å². The number of amides is 1. The highest BCUT2D eigenvalue weighted by Crippen LogP contribution is 2.42. The first-order valence-corrected chi connectivity index (χ1v) is 15.6. The van der Waals surface area contributed by atoms with Crippen LogP contribution < -0.4 is 25.5 Å². The summed E-state index contributed by atoms with van der Waals surface area (Å²) in [5.41, 5.74) is 12.9. The predicted octanol–water partition coefficient (Wildman–Crippen LogP) is 4.20. The number of hydrogen-bond donors (Lipinski definition) is 3. The number of carbonyl (C=O) groups is 2. The molecule has 0 atom stereocenters. The van der Waals surface area contributed by atoms with Gasteiger partial charge < -0.3 is 25.1 Å². The molecule has 1 amide bonds. The Morgan fingerprint density at radius 3 is 2.62 bits per heavy atom. The second-order valence-corrected chi connectivity index (χ2v) is 11.8. The molecular weight excluding hydrogens is 612 g/mol. The van der Waals surface area contributed by atoms with E-state index in [0.29, 0.717) is 56.1 Å². The second-order valence-electron chi connectivity index (χ2n) is 11.8. The fraction of sp³-hybridized carbons (Fsp3) is 0.324. The van der Waals surface area contributed by atoms with Crippen LogP contribution in [0.4, 0.5) is 5.69 Å². The maximum Gasteiger partial charge on any atom is 0.336 e. The molecule has 5 rings (SSSR count). The third kappa shape index (κ3) is 7.80. The number of carboxylic acid groups (broad SMARTS) is 1. The molecule has 2 aromatic carbocycles. The van der Waals surface area contributed by atoms with Crippen molar-refractivity contribution in [3.63, 3.8) is 0 Å². The molecule has 0 saturated heterocycles. The number of hydrogen-bond acceptors (Lipinski definition) is 8. The Hall–Kier alpha value is -5.72. The molecule has 2 aliphatic rings. The van der Waals surface area contributed by atoms with E-state index in [0.717, 1.165) is 39.7 Å². The van der Waals surface area contributed by atoms with E-state index in [4.69, 9.17) is 9.95 Å². The first-order chi connectivity index (χ1) is 23.2. The number of aromatic carboxylic acids is 1. The summed E-state index contributed by atoms with van der Waals surface area (Å²) in [6, 6.07) is 16.5. The van der Waals surface area contributed by atoms with Crippen LogP contribution in [-0.2, 0) is 13.1 Å². The molecule has 1 aliphatic carbocycles. The fourth-order valence-corrected chi connectivity index (χ4v) is 5.40. The van der Waals surface area contributed by atoms with E-state index in [-0.39, 0.29) is 17.0 Å². The molecule has 0 saturated carbocycles. The Morgan fingerprint density at radius 1 is 1.06 bits per heavy atom. The lowest BCUT2D eigenvalue weighted by molar-refractivity contribution is 0.0697. The number of anilines is 1. The van der Waals surface area contributed by atoms with Gasteiger partial charge in [0, 0.05) is 91.3 Å². The molecule has 3 aromatic rings. The van der Waals surface area contributed by atoms with E-state index < -0.39 is 5.97 Å². The lowest BCUT2D eigenvalue weighted by atomic mass is 9.89. The smallest absolute Gasteiger partial charge is 0.336 e. The van der Waals surface area contributed by atoms with Crippen LogP contribution in [0, 0.1) is 0 Å². The SMILES string of the molecule is CN(C)c1ccc2c(-c3ccc(C(=O)NCCCn4cc(CNCCCN=[N+]=[N-])nn4)cc3C(=O)O)c3ccc(=[N+](C)C)cc-3oc2c1. The summed E-state index contributed by atoms with van der Waals surface area (Å²) in [6.07, 6.45) is 3.18. The van der Waals surface area contributed by atoms with Crippen LogP contribution >= 0.6 is 0 Å². The van der Waals surface area contributed by atoms with Crippen molar-refractivity contribution >= 4 is 28.5 Å². The molecular formula is C34H39N10O4+. The van der Waals surface area contributed by atoms with E-state index in [1.165, 1.54) is 6.07 Å². The average molecular weight is 652 g/mol. The zero-order valence-corrected chi connectivity index (χ0v) is 27.5. The number of nitrogens with one attached hydrogen (secondary N) is 2. The molecule has 0 fully saturated rings. The van der Waals surface area contributed by atoms with Gasteiger partial charge in [-0.2, -0.15) is 0 Å². The zero-order valence-electron chi connectivity index (χ0n) is 27.5. The molecule has 48 heavy (non-hydrogen) atoms. The highest BCUT2D eigenvalue weighted by atomic mass is 16.4. The summed E-state index contributed by atoms with van der Waals surface area (Å²) in [7, 11) is 7.79. The Bertz CT molecular complexity index is 2040. The lowest BCUT2D eigenvalue weighted by Gasteiger charge is -2.19. The van der Waals surface area contributed by atoms with Gasteiger partial charge >= 0.3 is 5.97 Å². The summed E-state index contributed by atoms with van der Waals surface area (Å²) in [6.45, 7) is 2.61. The number of rotatable bonds is 14. The number of azide groups is 1. The zero-order chi connectivity index (χ0) is 34.2. The minimum Gasteiger partial charge on any atom is -0.478 e. The van der Waals surface area contributed by atoms with Crippen LogP contribution in [0.5, 0.6) is 0 Å². The van der Waals surface area contributed by atoms with Gasteiger partial charge in [0.25, 0.3) is 5.91 Å². The predicted molar refractivity (Wildman–Crippen MR) is 184 cm³/mol. The molecule has 2 heterocycles. The number of nitrogens with zero attached hydrogens (tertiary/aromatic N) is 8. The highest BCUT2D eigenvalue weighted by Gasteiger charge is 2.23. The number of fused-ring (bicyclic) bond motifs is 2. The monoisotopic (exact) mass is 651 g/mol. The maximum absolute atomic E-state index is 13.1. The minimum atomic E-state index is -1.14. The Balaban J connectivity index is 1.33. The van der Waals surface area contributed by atoms with Gasteiger partial charge in [-0.1, -0.05) is 16.4 Å². The van der Waals surface area contributed by atoms with Crippen molar-refractivity contribution in [2.45, 2.75) is 25.9 Å². The van der Waals surface area contributed by atoms with Crippen molar-refractivity contribution in [2.75, 3.05) is 52.7 Å². The largest absolute Gasteiger partial charge is 0.478 e. The van der Waals surface area contributed by atoms with Crippen LogP contribution in [0.3, 0.4) is 0 Å². The summed E-state index contributed by atoms with van der Waals surface area (Å²) in [5, 5.41) is 30.0. The van der Waals surface area contributed by atoms with Gasteiger partial charge in [-0.3, -0.25) is 9.48 Å². The van der Waals surface area contributed by atoms with Gasteiger partial charge in [-0.05, 0) is 60.8 Å². The lowest BCUT2D eigenvalue weighted by Crippen LogP contribution is -2.25. The minimum absolute atomic E-state index is 0.0198. The van der Waals surface area contributed by atoms with E-state index in [1.807, 2.05) is 80.3 Å². The molecule has 1 aromatic heterocycles. The standard InChI is InChI=1S/C34H38N10O4/c1-42(2)24-8-11-27-30(18-24)48-31-19-25(43(3)4)9-12-28(31)32(27)26-10-7-22(17-29(26)34(46)47)33(45)37-14-6-16-44-21-23(39-41-44)20-36-13-5-15-38-40-35/h7-12,17-19,21,36H,5-6,13-16,20H2,1-4H3,(H-,37,45,46,47)/p+1. The number of carboxylic acids is 1. The molecule has 0 spiro atoms. The van der Waals surface area contributed by atoms with Crippen molar-refractivity contribution in [1.82, 2.24) is 30.2 Å². The van der Waals surface area contributed by atoms with Crippen LogP contribution in [-0.4, -0.2) is 79.8 Å². The number of aryl methyl sites for hydroxylation is 1. The first kappa shape index (κ1) is 33.6.